The van der Waals surface area contributed by atoms with Gasteiger partial charge in [-0.05, 0) is 54.9 Å². The molecule has 0 bridgehead atoms. The zero-order chi connectivity index (χ0) is 15.8. The number of methoxy groups -OCH3 is 1. The van der Waals surface area contributed by atoms with Crippen LogP contribution in [0.1, 0.15) is 5.56 Å². The molecule has 0 radical (unpaired) electrons. The van der Waals surface area contributed by atoms with Crippen LogP contribution in [0.3, 0.4) is 0 Å². The Balaban J connectivity index is 1.81. The SMILES string of the molecule is COc1ccc(NC(=O)COc2ccc(CCN)cc2)cc1. The zero-order valence-corrected chi connectivity index (χ0v) is 12.5. The number of rotatable bonds is 7. The van der Waals surface area contributed by atoms with Gasteiger partial charge < -0.3 is 20.5 Å². The average Bonchev–Trinajstić information content (AvgIpc) is 2.55. The first kappa shape index (κ1) is 15.9. The predicted molar refractivity (Wildman–Crippen MR) is 86.3 cm³/mol. The minimum Gasteiger partial charge on any atom is -0.497 e. The van der Waals surface area contributed by atoms with Gasteiger partial charge in [0.1, 0.15) is 11.5 Å². The van der Waals surface area contributed by atoms with Gasteiger partial charge in [0.05, 0.1) is 7.11 Å². The van der Waals surface area contributed by atoms with Gasteiger partial charge >= 0.3 is 0 Å². The van der Waals surface area contributed by atoms with Crippen LogP contribution >= 0.6 is 0 Å². The van der Waals surface area contributed by atoms with Crippen LogP contribution in [-0.2, 0) is 11.2 Å². The minimum absolute atomic E-state index is 0.0394. The summed E-state index contributed by atoms with van der Waals surface area (Å²) in [6, 6.07) is 14.7. The van der Waals surface area contributed by atoms with Crippen molar-refractivity contribution in [3.63, 3.8) is 0 Å². The number of nitrogens with one attached hydrogen (secondary N) is 1. The van der Waals surface area contributed by atoms with E-state index in [9.17, 15) is 4.79 Å². The highest BCUT2D eigenvalue weighted by atomic mass is 16.5. The smallest absolute Gasteiger partial charge is 0.262 e. The number of carbonyl (C=O) groups is 1. The Labute approximate surface area is 130 Å². The summed E-state index contributed by atoms with van der Waals surface area (Å²) in [5.74, 6) is 1.19. The summed E-state index contributed by atoms with van der Waals surface area (Å²) in [5, 5.41) is 2.76. The molecular weight excluding hydrogens is 280 g/mol. The van der Waals surface area contributed by atoms with Gasteiger partial charge in [0.15, 0.2) is 6.61 Å². The predicted octanol–water partition coefficient (Wildman–Crippen LogP) is 2.21. The van der Waals surface area contributed by atoms with E-state index >= 15 is 0 Å². The molecule has 0 aliphatic rings. The van der Waals surface area contributed by atoms with E-state index in [2.05, 4.69) is 5.32 Å². The van der Waals surface area contributed by atoms with E-state index < -0.39 is 0 Å². The van der Waals surface area contributed by atoms with Crippen LogP contribution in [0.4, 0.5) is 5.69 Å². The van der Waals surface area contributed by atoms with Crippen LogP contribution in [-0.4, -0.2) is 26.2 Å². The van der Waals surface area contributed by atoms with Gasteiger partial charge in [-0.3, -0.25) is 4.79 Å². The van der Waals surface area contributed by atoms with Crippen LogP contribution in [0.25, 0.3) is 0 Å². The molecule has 5 nitrogen and oxygen atoms in total. The molecule has 2 aromatic rings. The largest absolute Gasteiger partial charge is 0.497 e. The third-order valence-electron chi connectivity index (χ3n) is 3.10. The monoisotopic (exact) mass is 300 g/mol. The van der Waals surface area contributed by atoms with Crippen LogP contribution in [0.15, 0.2) is 48.5 Å². The molecule has 22 heavy (non-hydrogen) atoms. The fourth-order valence-electron chi connectivity index (χ4n) is 1.94. The number of hydrogen-bond acceptors (Lipinski definition) is 4. The number of nitrogens with two attached hydrogens (primary N) is 1. The van der Waals surface area contributed by atoms with Crippen LogP contribution in [0.2, 0.25) is 0 Å². The second kappa shape index (κ2) is 8.05. The van der Waals surface area contributed by atoms with Crippen LogP contribution < -0.4 is 20.5 Å². The summed E-state index contributed by atoms with van der Waals surface area (Å²) in [6.07, 6.45) is 0.832. The highest BCUT2D eigenvalue weighted by molar-refractivity contribution is 5.91. The van der Waals surface area contributed by atoms with Crippen molar-refractivity contribution in [1.29, 1.82) is 0 Å². The normalized spacial score (nSPS) is 10.1. The van der Waals surface area contributed by atoms with E-state index in [1.165, 1.54) is 0 Å². The van der Waals surface area contributed by atoms with Gasteiger partial charge in [0.25, 0.3) is 5.91 Å². The highest BCUT2D eigenvalue weighted by Crippen LogP contribution is 2.15. The molecule has 0 aliphatic carbocycles. The van der Waals surface area contributed by atoms with Crippen molar-refractivity contribution < 1.29 is 14.3 Å². The minimum atomic E-state index is -0.212. The van der Waals surface area contributed by atoms with E-state index in [0.29, 0.717) is 18.0 Å². The van der Waals surface area contributed by atoms with Crippen molar-refractivity contribution in [3.8, 4) is 11.5 Å². The number of carbonyl (C=O) groups excluding carboxylic acids is 1. The van der Waals surface area contributed by atoms with Crippen molar-refractivity contribution in [2.24, 2.45) is 5.73 Å². The second-order valence-electron chi connectivity index (χ2n) is 4.75. The van der Waals surface area contributed by atoms with Gasteiger partial charge in [0, 0.05) is 5.69 Å². The lowest BCUT2D eigenvalue weighted by Gasteiger charge is -2.08. The molecule has 0 fully saturated rings. The van der Waals surface area contributed by atoms with E-state index in [1.54, 1.807) is 31.4 Å². The summed E-state index contributed by atoms with van der Waals surface area (Å²) in [4.78, 5) is 11.8. The maximum absolute atomic E-state index is 11.8. The van der Waals surface area contributed by atoms with E-state index in [0.717, 1.165) is 17.7 Å². The first-order chi connectivity index (χ1) is 10.7. The number of benzene rings is 2. The molecule has 0 unspecified atom stereocenters. The number of ether oxygens (including phenoxy) is 2. The lowest BCUT2D eigenvalue weighted by molar-refractivity contribution is -0.118. The van der Waals surface area contributed by atoms with Gasteiger partial charge in [-0.15, -0.1) is 0 Å². The Bertz CT molecular complexity index is 594. The van der Waals surface area contributed by atoms with Gasteiger partial charge in [-0.2, -0.15) is 0 Å². The fourth-order valence-corrected chi connectivity index (χ4v) is 1.94. The van der Waals surface area contributed by atoms with Crippen LogP contribution in [0, 0.1) is 0 Å². The molecule has 2 rings (SSSR count). The molecule has 3 N–H and O–H groups in total. The molecule has 116 valence electrons. The molecule has 2 aromatic carbocycles. The van der Waals surface area contributed by atoms with Gasteiger partial charge in [-0.25, -0.2) is 0 Å². The van der Waals surface area contributed by atoms with Crippen molar-refractivity contribution in [1.82, 2.24) is 0 Å². The van der Waals surface area contributed by atoms with Gasteiger partial charge in [0.2, 0.25) is 0 Å². The van der Waals surface area contributed by atoms with Crippen LogP contribution in [0.5, 0.6) is 11.5 Å². The Morgan fingerprint density at radius 1 is 1.05 bits per heavy atom. The van der Waals surface area contributed by atoms with Gasteiger partial charge in [-0.1, -0.05) is 12.1 Å². The molecule has 0 aliphatic heterocycles. The lowest BCUT2D eigenvalue weighted by atomic mass is 10.1. The van der Waals surface area contributed by atoms with Crippen molar-refractivity contribution in [2.75, 3.05) is 25.6 Å². The van der Waals surface area contributed by atoms with Crippen molar-refractivity contribution in [2.45, 2.75) is 6.42 Å². The molecule has 0 saturated carbocycles. The summed E-state index contributed by atoms with van der Waals surface area (Å²) < 4.78 is 10.5. The number of hydrogen-bond donors (Lipinski definition) is 2. The summed E-state index contributed by atoms with van der Waals surface area (Å²) in [6.45, 7) is 0.576. The Kier molecular flexibility index (Phi) is 5.80. The zero-order valence-electron chi connectivity index (χ0n) is 12.5. The maximum atomic E-state index is 11.8. The highest BCUT2D eigenvalue weighted by Gasteiger charge is 2.04. The molecule has 0 saturated heterocycles. The first-order valence-corrected chi connectivity index (χ1v) is 7.07. The molecule has 0 aromatic heterocycles. The molecular formula is C17H20N2O3. The summed E-state index contributed by atoms with van der Waals surface area (Å²) in [7, 11) is 1.60. The summed E-state index contributed by atoms with van der Waals surface area (Å²) in [5.41, 5.74) is 7.35. The van der Waals surface area contributed by atoms with Crippen molar-refractivity contribution >= 4 is 11.6 Å². The quantitative estimate of drug-likeness (QED) is 0.822. The Morgan fingerprint density at radius 3 is 2.27 bits per heavy atom. The number of amides is 1. The average molecular weight is 300 g/mol. The van der Waals surface area contributed by atoms with E-state index in [-0.39, 0.29) is 12.5 Å². The van der Waals surface area contributed by atoms with E-state index in [1.807, 2.05) is 24.3 Å². The topological polar surface area (TPSA) is 73.6 Å². The van der Waals surface area contributed by atoms with Crippen molar-refractivity contribution in [3.05, 3.63) is 54.1 Å². The molecule has 5 heteroatoms. The molecule has 1 amide bonds. The lowest BCUT2D eigenvalue weighted by Crippen LogP contribution is -2.20. The molecule has 0 heterocycles. The second-order valence-corrected chi connectivity index (χ2v) is 4.75. The summed E-state index contributed by atoms with van der Waals surface area (Å²) >= 11 is 0. The van der Waals surface area contributed by atoms with E-state index in [4.69, 9.17) is 15.2 Å². The standard InChI is InChI=1S/C17H20N2O3/c1-21-15-8-4-14(5-9-15)19-17(20)12-22-16-6-2-13(3-7-16)10-11-18/h2-9H,10-12,18H2,1H3,(H,19,20). The fraction of sp³-hybridized carbons (Fsp3) is 0.235. The third-order valence-corrected chi connectivity index (χ3v) is 3.10. The molecule has 0 atom stereocenters. The number of anilines is 1. The first-order valence-electron chi connectivity index (χ1n) is 7.07. The third kappa shape index (κ3) is 4.79. The molecule has 0 spiro atoms. The Morgan fingerprint density at radius 2 is 1.68 bits per heavy atom. The Hall–Kier alpha value is -2.53. The maximum Gasteiger partial charge on any atom is 0.262 e.